The zero-order valence-electron chi connectivity index (χ0n) is 9.82. The fourth-order valence-corrected chi connectivity index (χ4v) is 2.01. The number of carbonyl (C=O) groups excluding carboxylic acids is 1. The third kappa shape index (κ3) is 4.51. The average Bonchev–Trinajstić information content (AvgIpc) is 2.59. The highest BCUT2D eigenvalue weighted by Gasteiger charge is 2.16. The first-order chi connectivity index (χ1) is 7.00. The van der Waals surface area contributed by atoms with Gasteiger partial charge in [-0.25, -0.2) is 0 Å². The van der Waals surface area contributed by atoms with Gasteiger partial charge in [-0.15, -0.1) is 23.7 Å². The maximum absolute atomic E-state index is 11.5. The van der Waals surface area contributed by atoms with Crippen molar-refractivity contribution >= 4 is 29.7 Å². The maximum atomic E-state index is 11.5. The number of aryl methyl sites for hydroxylation is 1. The molecule has 0 saturated carbocycles. The fraction of sp³-hybridized carbons (Fsp3) is 0.545. The van der Waals surface area contributed by atoms with Crippen molar-refractivity contribution in [1.29, 1.82) is 0 Å². The topological polar surface area (TPSA) is 55.1 Å². The van der Waals surface area contributed by atoms with Crippen LogP contribution in [0.15, 0.2) is 12.1 Å². The molecule has 1 heterocycles. The largest absolute Gasteiger partial charge is 0.350 e. The minimum Gasteiger partial charge on any atom is -0.350 e. The van der Waals surface area contributed by atoms with Crippen LogP contribution < -0.4 is 11.1 Å². The van der Waals surface area contributed by atoms with Gasteiger partial charge in [0.1, 0.15) is 0 Å². The molecule has 0 unspecified atom stereocenters. The Kier molecular flexibility index (Phi) is 6.64. The lowest BCUT2D eigenvalue weighted by molar-refractivity contribution is -0.123. The Bertz CT molecular complexity index is 338. The molecule has 0 aliphatic rings. The maximum Gasteiger partial charge on any atom is 0.237 e. The van der Waals surface area contributed by atoms with Crippen LogP contribution in [0.1, 0.15) is 23.6 Å². The molecule has 0 radical (unpaired) electrons. The smallest absolute Gasteiger partial charge is 0.237 e. The van der Waals surface area contributed by atoms with E-state index in [0.29, 0.717) is 6.54 Å². The van der Waals surface area contributed by atoms with Crippen LogP contribution in [0.3, 0.4) is 0 Å². The first-order valence-electron chi connectivity index (χ1n) is 5.09. The summed E-state index contributed by atoms with van der Waals surface area (Å²) in [7, 11) is 0. The van der Waals surface area contributed by atoms with E-state index in [1.165, 1.54) is 4.88 Å². The minimum atomic E-state index is -0.411. The molecule has 1 amide bonds. The second-order valence-corrected chi connectivity index (χ2v) is 5.37. The van der Waals surface area contributed by atoms with Crippen molar-refractivity contribution in [2.75, 3.05) is 0 Å². The summed E-state index contributed by atoms with van der Waals surface area (Å²) in [5.74, 6) is 0.103. The molecule has 16 heavy (non-hydrogen) atoms. The van der Waals surface area contributed by atoms with Crippen LogP contribution in [0.2, 0.25) is 0 Å². The molecule has 1 atom stereocenters. The number of hydrogen-bond donors (Lipinski definition) is 2. The van der Waals surface area contributed by atoms with E-state index in [4.69, 9.17) is 5.73 Å². The lowest BCUT2D eigenvalue weighted by Crippen LogP contribution is -2.43. The fourth-order valence-electron chi connectivity index (χ4n) is 1.17. The van der Waals surface area contributed by atoms with Crippen LogP contribution in [0.5, 0.6) is 0 Å². The molecule has 0 spiro atoms. The van der Waals surface area contributed by atoms with Crippen LogP contribution in [0, 0.1) is 12.8 Å². The number of nitrogens with one attached hydrogen (secondary N) is 1. The summed E-state index contributed by atoms with van der Waals surface area (Å²) in [6.07, 6.45) is 0. The molecular weight excluding hydrogens is 244 g/mol. The van der Waals surface area contributed by atoms with Gasteiger partial charge < -0.3 is 11.1 Å². The second-order valence-electron chi connectivity index (χ2n) is 4.00. The summed E-state index contributed by atoms with van der Waals surface area (Å²) in [5, 5.41) is 2.84. The van der Waals surface area contributed by atoms with Crippen molar-refractivity contribution in [2.24, 2.45) is 11.7 Å². The molecule has 1 rings (SSSR count). The number of rotatable bonds is 4. The molecule has 5 heteroatoms. The first-order valence-corrected chi connectivity index (χ1v) is 5.91. The summed E-state index contributed by atoms with van der Waals surface area (Å²) >= 11 is 1.69. The Morgan fingerprint density at radius 3 is 2.56 bits per heavy atom. The SMILES string of the molecule is Cc1ccc(CNC(=O)[C@@H](N)C(C)C)s1.Cl. The first kappa shape index (κ1) is 15.4. The number of hydrogen-bond acceptors (Lipinski definition) is 3. The molecule has 3 N–H and O–H groups in total. The Morgan fingerprint density at radius 2 is 2.12 bits per heavy atom. The van der Waals surface area contributed by atoms with E-state index in [1.807, 2.05) is 19.9 Å². The van der Waals surface area contributed by atoms with Gasteiger partial charge in [-0.05, 0) is 25.0 Å². The quantitative estimate of drug-likeness (QED) is 0.873. The Morgan fingerprint density at radius 1 is 1.50 bits per heavy atom. The molecule has 0 aliphatic heterocycles. The van der Waals surface area contributed by atoms with Gasteiger partial charge in [-0.1, -0.05) is 13.8 Å². The lowest BCUT2D eigenvalue weighted by Gasteiger charge is -2.14. The monoisotopic (exact) mass is 262 g/mol. The van der Waals surface area contributed by atoms with Gasteiger partial charge in [0.25, 0.3) is 0 Å². The molecule has 0 fully saturated rings. The zero-order chi connectivity index (χ0) is 11.4. The van der Waals surface area contributed by atoms with Gasteiger partial charge in [-0.3, -0.25) is 4.79 Å². The number of nitrogens with two attached hydrogens (primary N) is 1. The highest BCUT2D eigenvalue weighted by molar-refractivity contribution is 7.11. The number of carbonyl (C=O) groups is 1. The van der Waals surface area contributed by atoms with Crippen molar-refractivity contribution in [2.45, 2.75) is 33.4 Å². The Balaban J connectivity index is 0.00000225. The highest BCUT2D eigenvalue weighted by Crippen LogP contribution is 2.14. The molecule has 0 aliphatic carbocycles. The van der Waals surface area contributed by atoms with E-state index in [1.54, 1.807) is 11.3 Å². The minimum absolute atomic E-state index is 0. The van der Waals surface area contributed by atoms with Crippen LogP contribution in [-0.4, -0.2) is 11.9 Å². The molecule has 0 saturated heterocycles. The highest BCUT2D eigenvalue weighted by atomic mass is 35.5. The van der Waals surface area contributed by atoms with Crippen molar-refractivity contribution in [3.05, 3.63) is 21.9 Å². The standard InChI is InChI=1S/C11H18N2OS.ClH/c1-7(2)10(12)11(14)13-6-9-5-4-8(3)15-9;/h4-5,7,10H,6,12H2,1-3H3,(H,13,14);1H/t10-;/m0./s1. The second kappa shape index (κ2) is 6.89. The molecule has 3 nitrogen and oxygen atoms in total. The molecule has 0 aromatic carbocycles. The normalized spacial score (nSPS) is 12.1. The van der Waals surface area contributed by atoms with Crippen LogP contribution >= 0.6 is 23.7 Å². The van der Waals surface area contributed by atoms with Crippen LogP contribution in [0.4, 0.5) is 0 Å². The van der Waals surface area contributed by atoms with Crippen LogP contribution in [0.25, 0.3) is 0 Å². The molecule has 92 valence electrons. The average molecular weight is 263 g/mol. The van der Waals surface area contributed by atoms with E-state index in [2.05, 4.69) is 18.3 Å². The third-order valence-corrected chi connectivity index (χ3v) is 3.25. The summed E-state index contributed by atoms with van der Waals surface area (Å²) in [6, 6.07) is 3.67. The zero-order valence-corrected chi connectivity index (χ0v) is 11.5. The Labute approximate surface area is 107 Å². The Hall–Kier alpha value is -0.580. The predicted molar refractivity (Wildman–Crippen MR) is 71.0 cm³/mol. The van der Waals surface area contributed by atoms with Gasteiger partial charge in [0.15, 0.2) is 0 Å². The van der Waals surface area contributed by atoms with E-state index in [0.717, 1.165) is 4.88 Å². The summed E-state index contributed by atoms with van der Waals surface area (Å²) < 4.78 is 0. The van der Waals surface area contributed by atoms with Crippen LogP contribution in [-0.2, 0) is 11.3 Å². The van der Waals surface area contributed by atoms with Crippen molar-refractivity contribution in [3.63, 3.8) is 0 Å². The molecular formula is C11H19ClN2OS. The molecule has 1 aromatic heterocycles. The van der Waals surface area contributed by atoms with E-state index < -0.39 is 6.04 Å². The van der Waals surface area contributed by atoms with Crippen molar-refractivity contribution < 1.29 is 4.79 Å². The lowest BCUT2D eigenvalue weighted by atomic mass is 10.1. The van der Waals surface area contributed by atoms with Gasteiger partial charge in [0.2, 0.25) is 5.91 Å². The van der Waals surface area contributed by atoms with Crippen molar-refractivity contribution in [3.8, 4) is 0 Å². The summed E-state index contributed by atoms with van der Waals surface area (Å²) in [4.78, 5) is 14.0. The summed E-state index contributed by atoms with van der Waals surface area (Å²) in [6.45, 7) is 6.52. The van der Waals surface area contributed by atoms with Gasteiger partial charge in [-0.2, -0.15) is 0 Å². The third-order valence-electron chi connectivity index (χ3n) is 2.25. The van der Waals surface area contributed by atoms with Gasteiger partial charge in [0, 0.05) is 9.75 Å². The van der Waals surface area contributed by atoms with E-state index in [-0.39, 0.29) is 24.2 Å². The van der Waals surface area contributed by atoms with Crippen molar-refractivity contribution in [1.82, 2.24) is 5.32 Å². The number of thiophene rings is 1. The van der Waals surface area contributed by atoms with E-state index in [9.17, 15) is 4.79 Å². The van der Waals surface area contributed by atoms with Gasteiger partial charge >= 0.3 is 0 Å². The number of amides is 1. The van der Waals surface area contributed by atoms with Gasteiger partial charge in [0.05, 0.1) is 12.6 Å². The number of halogens is 1. The van der Waals surface area contributed by atoms with E-state index >= 15 is 0 Å². The molecule has 0 bridgehead atoms. The summed E-state index contributed by atoms with van der Waals surface area (Å²) in [5.41, 5.74) is 5.72. The molecule has 1 aromatic rings. The predicted octanol–water partition coefficient (Wildman–Crippen LogP) is 2.08.